The highest BCUT2D eigenvalue weighted by atomic mass is 35.5. The number of nitrogens with one attached hydrogen (secondary N) is 1. The second kappa shape index (κ2) is 8.59. The average molecular weight is 318 g/mol. The molecule has 1 unspecified atom stereocenters. The molecule has 0 aromatic heterocycles. The van der Waals surface area contributed by atoms with Gasteiger partial charge in [0.05, 0.1) is 5.92 Å². The maximum atomic E-state index is 12.8. The summed E-state index contributed by atoms with van der Waals surface area (Å²) in [5, 5.41) is 3.34. The van der Waals surface area contributed by atoms with Gasteiger partial charge in [0.25, 0.3) is 0 Å². The van der Waals surface area contributed by atoms with Gasteiger partial charge in [0.2, 0.25) is 11.8 Å². The molecule has 0 saturated carbocycles. The molecule has 21 heavy (non-hydrogen) atoms. The van der Waals surface area contributed by atoms with Gasteiger partial charge in [0.15, 0.2) is 0 Å². The number of carbonyl (C=O) groups excluding carboxylic acids is 2. The lowest BCUT2D eigenvalue weighted by Gasteiger charge is -2.36. The molecule has 2 heterocycles. The van der Waals surface area contributed by atoms with Gasteiger partial charge in [-0.15, -0.1) is 12.4 Å². The SMILES string of the molecule is CCCN(C(=O)C1CC(=O)N(CC)C1)C1CCNCC1.Cl. The predicted molar refractivity (Wildman–Crippen MR) is 85.5 cm³/mol. The summed E-state index contributed by atoms with van der Waals surface area (Å²) in [5.74, 6) is 0.208. The van der Waals surface area contributed by atoms with Gasteiger partial charge in [-0.2, -0.15) is 0 Å². The Morgan fingerprint density at radius 3 is 2.52 bits per heavy atom. The molecule has 1 N–H and O–H groups in total. The first-order chi connectivity index (χ1) is 9.67. The van der Waals surface area contributed by atoms with Crippen molar-refractivity contribution in [1.82, 2.24) is 15.1 Å². The first-order valence-corrected chi connectivity index (χ1v) is 7.96. The first kappa shape index (κ1) is 18.2. The summed E-state index contributed by atoms with van der Waals surface area (Å²) < 4.78 is 0. The van der Waals surface area contributed by atoms with E-state index in [1.165, 1.54) is 0 Å². The average Bonchev–Trinajstić information content (AvgIpc) is 2.86. The molecule has 0 bridgehead atoms. The van der Waals surface area contributed by atoms with Crippen molar-refractivity contribution in [3.63, 3.8) is 0 Å². The van der Waals surface area contributed by atoms with Crippen LogP contribution in [0.4, 0.5) is 0 Å². The molecule has 6 heteroatoms. The van der Waals surface area contributed by atoms with Gasteiger partial charge in [-0.1, -0.05) is 6.92 Å². The van der Waals surface area contributed by atoms with Gasteiger partial charge < -0.3 is 15.1 Å². The van der Waals surface area contributed by atoms with Crippen LogP contribution in [0.5, 0.6) is 0 Å². The number of rotatable bonds is 5. The molecule has 122 valence electrons. The standard InChI is InChI=1S/C15H27N3O2.ClH/c1-3-9-18(13-5-7-16-8-6-13)15(20)12-10-14(19)17(4-2)11-12;/h12-13,16H,3-11H2,1-2H3;1H. The van der Waals surface area contributed by atoms with Gasteiger partial charge >= 0.3 is 0 Å². The third-order valence-electron chi connectivity index (χ3n) is 4.44. The van der Waals surface area contributed by atoms with Crippen molar-refractivity contribution >= 4 is 24.2 Å². The van der Waals surface area contributed by atoms with Gasteiger partial charge in [-0.05, 0) is 39.3 Å². The summed E-state index contributed by atoms with van der Waals surface area (Å²) in [6.07, 6.45) is 3.44. The van der Waals surface area contributed by atoms with E-state index in [1.807, 2.05) is 6.92 Å². The van der Waals surface area contributed by atoms with E-state index >= 15 is 0 Å². The Balaban J connectivity index is 0.00000220. The van der Waals surface area contributed by atoms with Crippen LogP contribution in [0.25, 0.3) is 0 Å². The molecule has 2 rings (SSSR count). The van der Waals surface area contributed by atoms with Crippen LogP contribution in [0.2, 0.25) is 0 Å². The quantitative estimate of drug-likeness (QED) is 0.831. The summed E-state index contributed by atoms with van der Waals surface area (Å²) in [6.45, 7) is 8.20. The summed E-state index contributed by atoms with van der Waals surface area (Å²) in [4.78, 5) is 28.4. The fourth-order valence-electron chi connectivity index (χ4n) is 3.31. The Hall–Kier alpha value is -0.810. The molecule has 0 aromatic carbocycles. The van der Waals surface area contributed by atoms with Crippen LogP contribution in [0.1, 0.15) is 39.5 Å². The second-order valence-corrected chi connectivity index (χ2v) is 5.85. The summed E-state index contributed by atoms with van der Waals surface area (Å²) in [7, 11) is 0. The molecule has 2 aliphatic rings. The van der Waals surface area contributed by atoms with E-state index in [1.54, 1.807) is 4.90 Å². The summed E-state index contributed by atoms with van der Waals surface area (Å²) in [5.41, 5.74) is 0. The molecular weight excluding hydrogens is 290 g/mol. The third-order valence-corrected chi connectivity index (χ3v) is 4.44. The molecule has 0 radical (unpaired) electrons. The normalized spacial score (nSPS) is 23.0. The second-order valence-electron chi connectivity index (χ2n) is 5.85. The van der Waals surface area contributed by atoms with E-state index in [0.29, 0.717) is 25.6 Å². The van der Waals surface area contributed by atoms with Gasteiger partial charge in [-0.25, -0.2) is 0 Å². The summed E-state index contributed by atoms with van der Waals surface area (Å²) >= 11 is 0. The van der Waals surface area contributed by atoms with E-state index < -0.39 is 0 Å². The minimum absolute atomic E-state index is 0. The van der Waals surface area contributed by atoms with Crippen LogP contribution in [-0.4, -0.2) is 60.4 Å². The van der Waals surface area contributed by atoms with E-state index in [9.17, 15) is 9.59 Å². The molecular formula is C15H28ClN3O2. The Labute approximate surface area is 133 Å². The Morgan fingerprint density at radius 2 is 2.00 bits per heavy atom. The minimum Gasteiger partial charge on any atom is -0.342 e. The largest absolute Gasteiger partial charge is 0.342 e. The molecule has 5 nitrogen and oxygen atoms in total. The van der Waals surface area contributed by atoms with Crippen LogP contribution in [0, 0.1) is 5.92 Å². The molecule has 0 aliphatic carbocycles. The maximum absolute atomic E-state index is 12.8. The number of halogens is 1. The molecule has 0 spiro atoms. The van der Waals surface area contributed by atoms with Crippen LogP contribution in [-0.2, 0) is 9.59 Å². The van der Waals surface area contributed by atoms with Crippen LogP contribution in [0.15, 0.2) is 0 Å². The number of carbonyl (C=O) groups is 2. The highest BCUT2D eigenvalue weighted by Crippen LogP contribution is 2.23. The number of nitrogens with zero attached hydrogens (tertiary/aromatic N) is 2. The molecule has 2 fully saturated rings. The summed E-state index contributed by atoms with van der Waals surface area (Å²) in [6, 6.07) is 0.356. The van der Waals surface area contributed by atoms with Crippen molar-refractivity contribution in [2.45, 2.75) is 45.6 Å². The Bertz CT molecular complexity index is 359. The molecule has 2 aliphatic heterocycles. The number of hydrogen-bond donors (Lipinski definition) is 1. The molecule has 1 atom stereocenters. The topological polar surface area (TPSA) is 52.7 Å². The fourth-order valence-corrected chi connectivity index (χ4v) is 3.31. The van der Waals surface area contributed by atoms with Crippen molar-refractivity contribution < 1.29 is 9.59 Å². The van der Waals surface area contributed by atoms with Crippen molar-refractivity contribution in [3.8, 4) is 0 Å². The number of amides is 2. The third kappa shape index (κ3) is 4.33. The first-order valence-electron chi connectivity index (χ1n) is 7.96. The van der Waals surface area contributed by atoms with E-state index in [0.717, 1.165) is 38.9 Å². The van der Waals surface area contributed by atoms with Crippen LogP contribution >= 0.6 is 12.4 Å². The van der Waals surface area contributed by atoms with Crippen molar-refractivity contribution in [2.24, 2.45) is 5.92 Å². The number of hydrogen-bond acceptors (Lipinski definition) is 3. The van der Waals surface area contributed by atoms with Crippen molar-refractivity contribution in [1.29, 1.82) is 0 Å². The van der Waals surface area contributed by atoms with E-state index in [4.69, 9.17) is 0 Å². The van der Waals surface area contributed by atoms with Crippen LogP contribution in [0.3, 0.4) is 0 Å². The predicted octanol–water partition coefficient (Wildman–Crippen LogP) is 1.27. The lowest BCUT2D eigenvalue weighted by atomic mass is 10.0. The molecule has 2 amide bonds. The van der Waals surface area contributed by atoms with Crippen molar-refractivity contribution in [3.05, 3.63) is 0 Å². The monoisotopic (exact) mass is 317 g/mol. The highest BCUT2D eigenvalue weighted by molar-refractivity contribution is 5.89. The van der Waals surface area contributed by atoms with Gasteiger partial charge in [0, 0.05) is 32.1 Å². The van der Waals surface area contributed by atoms with Gasteiger partial charge in [-0.3, -0.25) is 9.59 Å². The lowest BCUT2D eigenvalue weighted by Crippen LogP contribution is -2.48. The minimum atomic E-state index is -0.121. The smallest absolute Gasteiger partial charge is 0.228 e. The van der Waals surface area contributed by atoms with E-state index in [-0.39, 0.29) is 30.1 Å². The molecule has 2 saturated heterocycles. The van der Waals surface area contributed by atoms with Gasteiger partial charge in [0.1, 0.15) is 0 Å². The zero-order valence-electron chi connectivity index (χ0n) is 13.1. The lowest BCUT2D eigenvalue weighted by molar-refractivity contribution is -0.138. The Kier molecular flexibility index (Phi) is 7.46. The van der Waals surface area contributed by atoms with Crippen LogP contribution < -0.4 is 5.32 Å². The number of piperidine rings is 1. The Morgan fingerprint density at radius 1 is 1.33 bits per heavy atom. The number of likely N-dealkylation sites (tertiary alicyclic amines) is 1. The zero-order chi connectivity index (χ0) is 14.5. The van der Waals surface area contributed by atoms with E-state index in [2.05, 4.69) is 17.1 Å². The fraction of sp³-hybridized carbons (Fsp3) is 0.867. The highest BCUT2D eigenvalue weighted by Gasteiger charge is 2.37. The maximum Gasteiger partial charge on any atom is 0.228 e. The molecule has 0 aromatic rings. The van der Waals surface area contributed by atoms with Crippen molar-refractivity contribution in [2.75, 3.05) is 32.7 Å². The zero-order valence-corrected chi connectivity index (χ0v) is 14.0.